The Bertz CT molecular complexity index is 333. The van der Waals surface area contributed by atoms with Gasteiger partial charge in [-0.25, -0.2) is 0 Å². The molecule has 3 rings (SSSR count). The highest BCUT2D eigenvalue weighted by Gasteiger charge is 2.52. The lowest BCUT2D eigenvalue weighted by molar-refractivity contribution is -0.122. The molecule has 3 aliphatic rings. The molecule has 0 aromatic rings. The minimum Gasteiger partial charge on any atom is -0.373 e. The molecule has 4 nitrogen and oxygen atoms in total. The summed E-state index contributed by atoms with van der Waals surface area (Å²) < 4.78 is 5.88. The van der Waals surface area contributed by atoms with E-state index in [1.807, 2.05) is 0 Å². The Morgan fingerprint density at radius 2 is 2.05 bits per heavy atom. The first-order valence-electron chi connectivity index (χ1n) is 7.91. The van der Waals surface area contributed by atoms with Crippen LogP contribution in [0.15, 0.2) is 0 Å². The van der Waals surface area contributed by atoms with Crippen molar-refractivity contribution in [3.63, 3.8) is 0 Å². The molecule has 0 radical (unpaired) electrons. The zero-order valence-electron chi connectivity index (χ0n) is 12.5. The van der Waals surface area contributed by atoms with Gasteiger partial charge in [-0.2, -0.15) is 0 Å². The van der Waals surface area contributed by atoms with E-state index >= 15 is 0 Å². The van der Waals surface area contributed by atoms with Gasteiger partial charge in [0.05, 0.1) is 17.7 Å². The highest BCUT2D eigenvalue weighted by molar-refractivity contribution is 5.10. The first-order chi connectivity index (χ1) is 9.07. The normalized spacial score (nSPS) is 40.3. The van der Waals surface area contributed by atoms with Crippen LogP contribution in [0.5, 0.6) is 0 Å². The molecular weight excluding hydrogens is 238 g/mol. The van der Waals surface area contributed by atoms with Gasteiger partial charge in [0, 0.05) is 32.2 Å². The Balaban J connectivity index is 1.82. The summed E-state index contributed by atoms with van der Waals surface area (Å²) in [5, 5.41) is 0. The molecular formula is C15H29N3O. The van der Waals surface area contributed by atoms with E-state index in [2.05, 4.69) is 23.6 Å². The van der Waals surface area contributed by atoms with Crippen LogP contribution in [0.25, 0.3) is 0 Å². The van der Waals surface area contributed by atoms with Crippen LogP contribution in [0.4, 0.5) is 0 Å². The van der Waals surface area contributed by atoms with E-state index in [1.165, 1.54) is 38.8 Å². The molecule has 0 aromatic carbocycles. The minimum atomic E-state index is -0.0253. The van der Waals surface area contributed by atoms with Crippen molar-refractivity contribution < 1.29 is 4.74 Å². The number of nitrogens with zero attached hydrogens (tertiary/aromatic N) is 2. The summed E-state index contributed by atoms with van der Waals surface area (Å²) in [7, 11) is 0. The Labute approximate surface area is 117 Å². The average molecular weight is 267 g/mol. The summed E-state index contributed by atoms with van der Waals surface area (Å²) in [6.45, 7) is 10.6. The van der Waals surface area contributed by atoms with Crippen LogP contribution >= 0.6 is 0 Å². The first kappa shape index (κ1) is 13.8. The molecule has 19 heavy (non-hydrogen) atoms. The monoisotopic (exact) mass is 267 g/mol. The van der Waals surface area contributed by atoms with Gasteiger partial charge in [-0.15, -0.1) is 0 Å². The van der Waals surface area contributed by atoms with Crippen molar-refractivity contribution in [2.45, 2.75) is 56.7 Å². The van der Waals surface area contributed by atoms with Crippen molar-refractivity contribution >= 4 is 0 Å². The van der Waals surface area contributed by atoms with E-state index in [9.17, 15) is 0 Å². The Kier molecular flexibility index (Phi) is 3.63. The van der Waals surface area contributed by atoms with Gasteiger partial charge in [0.2, 0.25) is 0 Å². The fourth-order valence-electron chi connectivity index (χ4n) is 4.50. The average Bonchev–Trinajstić information content (AvgIpc) is 2.77. The fourth-order valence-corrected chi connectivity index (χ4v) is 4.50. The van der Waals surface area contributed by atoms with E-state index in [-0.39, 0.29) is 11.1 Å². The van der Waals surface area contributed by atoms with E-state index in [0.717, 1.165) is 26.2 Å². The smallest absolute Gasteiger partial charge is 0.0753 e. The molecule has 2 atom stereocenters. The van der Waals surface area contributed by atoms with Gasteiger partial charge < -0.3 is 10.5 Å². The van der Waals surface area contributed by atoms with Crippen LogP contribution in [0, 0.1) is 0 Å². The number of morpholine rings is 1. The maximum absolute atomic E-state index is 6.29. The standard InChI is InChI=1S/C15H29N3O/c1-14(2)12-18(9-10-19-14)15(11-16)6-8-17-7-4-3-5-13(15)17/h13H,3-12,16H2,1-2H3. The third-order valence-electron chi connectivity index (χ3n) is 5.47. The Morgan fingerprint density at radius 1 is 1.21 bits per heavy atom. The third kappa shape index (κ3) is 2.33. The fraction of sp³-hybridized carbons (Fsp3) is 1.00. The van der Waals surface area contributed by atoms with E-state index in [1.54, 1.807) is 0 Å². The molecule has 3 fully saturated rings. The van der Waals surface area contributed by atoms with E-state index < -0.39 is 0 Å². The van der Waals surface area contributed by atoms with Gasteiger partial charge >= 0.3 is 0 Å². The summed E-state index contributed by atoms with van der Waals surface area (Å²) in [5.41, 5.74) is 6.47. The Morgan fingerprint density at radius 3 is 2.79 bits per heavy atom. The summed E-state index contributed by atoms with van der Waals surface area (Å²) in [4.78, 5) is 5.35. The molecule has 3 heterocycles. The molecule has 3 saturated heterocycles. The van der Waals surface area contributed by atoms with Crippen molar-refractivity contribution in [3.8, 4) is 0 Å². The molecule has 3 aliphatic heterocycles. The summed E-state index contributed by atoms with van der Waals surface area (Å²) in [6, 6.07) is 0.681. The van der Waals surface area contributed by atoms with Crippen molar-refractivity contribution in [2.24, 2.45) is 5.73 Å². The molecule has 110 valence electrons. The predicted molar refractivity (Wildman–Crippen MR) is 77.2 cm³/mol. The number of piperidine rings is 1. The number of nitrogens with two attached hydrogens (primary N) is 1. The molecule has 2 unspecified atom stereocenters. The maximum atomic E-state index is 6.29. The highest BCUT2D eigenvalue weighted by Crippen LogP contribution is 2.40. The summed E-state index contributed by atoms with van der Waals surface area (Å²) in [6.07, 6.45) is 5.31. The number of ether oxygens (including phenoxy) is 1. The number of hydrogen-bond acceptors (Lipinski definition) is 4. The molecule has 0 aromatic heterocycles. The zero-order valence-corrected chi connectivity index (χ0v) is 12.5. The lowest BCUT2D eigenvalue weighted by Crippen LogP contribution is -2.66. The van der Waals surface area contributed by atoms with E-state index in [4.69, 9.17) is 10.5 Å². The number of hydrogen-bond donors (Lipinski definition) is 1. The van der Waals surface area contributed by atoms with Gasteiger partial charge in [0.15, 0.2) is 0 Å². The van der Waals surface area contributed by atoms with Gasteiger partial charge in [0.1, 0.15) is 0 Å². The number of rotatable bonds is 2. The number of fused-ring (bicyclic) bond motifs is 1. The first-order valence-corrected chi connectivity index (χ1v) is 7.91. The van der Waals surface area contributed by atoms with Crippen LogP contribution in [-0.4, -0.2) is 66.3 Å². The van der Waals surface area contributed by atoms with Crippen molar-refractivity contribution in [1.82, 2.24) is 9.80 Å². The Hall–Kier alpha value is -0.160. The lowest BCUT2D eigenvalue weighted by Gasteiger charge is -2.51. The zero-order chi connectivity index (χ0) is 13.5. The maximum Gasteiger partial charge on any atom is 0.0753 e. The second-order valence-electron chi connectivity index (χ2n) is 7.13. The second kappa shape index (κ2) is 4.99. The molecule has 0 aliphatic carbocycles. The highest BCUT2D eigenvalue weighted by atomic mass is 16.5. The van der Waals surface area contributed by atoms with Crippen LogP contribution in [0.2, 0.25) is 0 Å². The van der Waals surface area contributed by atoms with Gasteiger partial charge in [-0.05, 0) is 39.7 Å². The topological polar surface area (TPSA) is 41.7 Å². The van der Waals surface area contributed by atoms with Gasteiger partial charge in [-0.3, -0.25) is 9.80 Å². The van der Waals surface area contributed by atoms with Crippen molar-refractivity contribution in [1.29, 1.82) is 0 Å². The van der Waals surface area contributed by atoms with Crippen LogP contribution in [0.1, 0.15) is 39.5 Å². The molecule has 0 bridgehead atoms. The van der Waals surface area contributed by atoms with E-state index in [0.29, 0.717) is 6.04 Å². The largest absolute Gasteiger partial charge is 0.373 e. The summed E-state index contributed by atoms with van der Waals surface area (Å²) >= 11 is 0. The molecule has 0 spiro atoms. The quantitative estimate of drug-likeness (QED) is 0.812. The third-order valence-corrected chi connectivity index (χ3v) is 5.47. The molecule has 0 amide bonds. The molecule has 4 heteroatoms. The van der Waals surface area contributed by atoms with Crippen molar-refractivity contribution in [3.05, 3.63) is 0 Å². The van der Waals surface area contributed by atoms with Crippen molar-refractivity contribution in [2.75, 3.05) is 39.3 Å². The molecule has 2 N–H and O–H groups in total. The minimum absolute atomic E-state index is 0.0253. The second-order valence-corrected chi connectivity index (χ2v) is 7.13. The van der Waals surface area contributed by atoms with Crippen LogP contribution < -0.4 is 5.73 Å². The molecule has 0 saturated carbocycles. The van der Waals surface area contributed by atoms with Crippen LogP contribution in [-0.2, 0) is 4.74 Å². The summed E-state index contributed by atoms with van der Waals surface area (Å²) in [5.74, 6) is 0. The SMILES string of the molecule is CC1(C)CN(C2(CN)CCN3CCCCC32)CCO1. The lowest BCUT2D eigenvalue weighted by atomic mass is 9.82. The van der Waals surface area contributed by atoms with Gasteiger partial charge in [0.25, 0.3) is 0 Å². The van der Waals surface area contributed by atoms with Gasteiger partial charge in [-0.1, -0.05) is 6.42 Å². The predicted octanol–water partition coefficient (Wildman–Crippen LogP) is 1.05. The van der Waals surface area contributed by atoms with Crippen LogP contribution in [0.3, 0.4) is 0 Å².